The monoisotopic (exact) mass is 299 g/mol. The molecule has 1 atom stereocenters. The summed E-state index contributed by atoms with van der Waals surface area (Å²) in [6.45, 7) is 1.00. The molecule has 6 nitrogen and oxygen atoms in total. The average Bonchev–Trinajstić information content (AvgIpc) is 2.43. The molecule has 0 radical (unpaired) electrons. The lowest BCUT2D eigenvalue weighted by Crippen LogP contribution is -2.29. The minimum absolute atomic E-state index is 0.0522. The van der Waals surface area contributed by atoms with Crippen LogP contribution < -0.4 is 5.32 Å². The van der Waals surface area contributed by atoms with Crippen LogP contribution in [-0.4, -0.2) is 47.2 Å². The van der Waals surface area contributed by atoms with E-state index in [1.165, 1.54) is 18.2 Å². The second-order valence-corrected chi connectivity index (χ2v) is 5.47. The van der Waals surface area contributed by atoms with Crippen LogP contribution in [0.15, 0.2) is 29.2 Å². The third-order valence-corrected chi connectivity index (χ3v) is 3.76. The van der Waals surface area contributed by atoms with E-state index in [-0.39, 0.29) is 17.2 Å². The molecule has 1 rings (SSSR count). The Labute approximate surface area is 119 Å². The summed E-state index contributed by atoms with van der Waals surface area (Å²) in [4.78, 5) is 22.7. The molecular weight excluding hydrogens is 282 g/mol. The molecule has 110 valence electrons. The second kappa shape index (κ2) is 8.44. The SMILES string of the molecule is COCCCNC(=O)CS(=O)c1cccc(C(=O)O)c1. The number of carboxylic acid groups (broad SMARTS) is 1. The third-order valence-electron chi connectivity index (χ3n) is 2.45. The summed E-state index contributed by atoms with van der Waals surface area (Å²) in [7, 11) is 0.0216. The molecule has 0 aliphatic rings. The van der Waals surface area contributed by atoms with Gasteiger partial charge in [0.2, 0.25) is 5.91 Å². The van der Waals surface area contributed by atoms with Crippen molar-refractivity contribution in [3.8, 4) is 0 Å². The van der Waals surface area contributed by atoms with Crippen LogP contribution in [0.4, 0.5) is 0 Å². The summed E-state index contributed by atoms with van der Waals surface area (Å²) in [5, 5.41) is 11.5. The normalized spacial score (nSPS) is 11.8. The number of hydrogen-bond acceptors (Lipinski definition) is 4. The molecule has 0 saturated carbocycles. The van der Waals surface area contributed by atoms with Gasteiger partial charge >= 0.3 is 5.97 Å². The van der Waals surface area contributed by atoms with Crippen molar-refractivity contribution in [2.24, 2.45) is 0 Å². The van der Waals surface area contributed by atoms with E-state index in [1.807, 2.05) is 0 Å². The quantitative estimate of drug-likeness (QED) is 0.687. The van der Waals surface area contributed by atoms with Crippen LogP contribution >= 0.6 is 0 Å². The van der Waals surface area contributed by atoms with Gasteiger partial charge in [-0.05, 0) is 24.6 Å². The Morgan fingerprint density at radius 2 is 2.15 bits per heavy atom. The molecule has 0 saturated heterocycles. The van der Waals surface area contributed by atoms with Gasteiger partial charge in [0.25, 0.3) is 0 Å². The van der Waals surface area contributed by atoms with Gasteiger partial charge in [-0.15, -0.1) is 0 Å². The molecule has 1 unspecified atom stereocenters. The van der Waals surface area contributed by atoms with Crippen molar-refractivity contribution in [3.63, 3.8) is 0 Å². The summed E-state index contributed by atoms with van der Waals surface area (Å²) >= 11 is 0. The Morgan fingerprint density at radius 1 is 1.40 bits per heavy atom. The van der Waals surface area contributed by atoms with E-state index in [0.29, 0.717) is 24.5 Å². The van der Waals surface area contributed by atoms with Crippen LogP contribution in [0.25, 0.3) is 0 Å². The van der Waals surface area contributed by atoms with E-state index in [0.717, 1.165) is 0 Å². The van der Waals surface area contributed by atoms with Crippen LogP contribution in [-0.2, 0) is 20.3 Å². The zero-order valence-corrected chi connectivity index (χ0v) is 11.9. The number of rotatable bonds is 8. The maximum absolute atomic E-state index is 12.0. The minimum atomic E-state index is -1.55. The molecule has 2 N–H and O–H groups in total. The van der Waals surface area contributed by atoms with Gasteiger partial charge in [0.05, 0.1) is 16.4 Å². The van der Waals surface area contributed by atoms with Gasteiger partial charge < -0.3 is 15.2 Å². The predicted molar refractivity (Wildman–Crippen MR) is 74.2 cm³/mol. The Hall–Kier alpha value is -1.73. The first-order valence-electron chi connectivity index (χ1n) is 6.02. The first-order valence-corrected chi connectivity index (χ1v) is 7.34. The summed E-state index contributed by atoms with van der Waals surface area (Å²) in [5.41, 5.74) is 0.0522. The summed E-state index contributed by atoms with van der Waals surface area (Å²) in [6, 6.07) is 5.78. The highest BCUT2D eigenvalue weighted by Crippen LogP contribution is 2.10. The summed E-state index contributed by atoms with van der Waals surface area (Å²) < 4.78 is 16.8. The number of benzene rings is 1. The van der Waals surface area contributed by atoms with Crippen molar-refractivity contribution < 1.29 is 23.6 Å². The highest BCUT2D eigenvalue weighted by atomic mass is 32.2. The molecule has 0 aliphatic heterocycles. The van der Waals surface area contributed by atoms with Crippen molar-refractivity contribution in [3.05, 3.63) is 29.8 Å². The maximum atomic E-state index is 12.0. The van der Waals surface area contributed by atoms with Gasteiger partial charge in [-0.1, -0.05) is 6.07 Å². The molecule has 0 fully saturated rings. The van der Waals surface area contributed by atoms with Crippen molar-refractivity contribution in [2.75, 3.05) is 26.0 Å². The number of carbonyl (C=O) groups excluding carboxylic acids is 1. The highest BCUT2D eigenvalue weighted by Gasteiger charge is 2.12. The Balaban J connectivity index is 2.51. The first-order chi connectivity index (χ1) is 9.54. The number of carbonyl (C=O) groups is 2. The molecular formula is C13H17NO5S. The topological polar surface area (TPSA) is 92.7 Å². The van der Waals surface area contributed by atoms with Crippen LogP contribution in [0.3, 0.4) is 0 Å². The lowest BCUT2D eigenvalue weighted by molar-refractivity contribution is -0.118. The molecule has 20 heavy (non-hydrogen) atoms. The Kier molecular flexibility index (Phi) is 6.89. The van der Waals surface area contributed by atoms with E-state index in [2.05, 4.69) is 5.32 Å². The van der Waals surface area contributed by atoms with Crippen molar-refractivity contribution in [2.45, 2.75) is 11.3 Å². The van der Waals surface area contributed by atoms with Gasteiger partial charge in [-0.2, -0.15) is 0 Å². The zero-order chi connectivity index (χ0) is 15.0. The molecule has 0 bridgehead atoms. The van der Waals surface area contributed by atoms with Crippen molar-refractivity contribution >= 4 is 22.7 Å². The number of amides is 1. The number of hydrogen-bond donors (Lipinski definition) is 2. The van der Waals surface area contributed by atoms with Crippen LogP contribution in [0.5, 0.6) is 0 Å². The van der Waals surface area contributed by atoms with Gasteiger partial charge in [0.15, 0.2) is 0 Å². The average molecular weight is 299 g/mol. The molecule has 0 spiro atoms. The van der Waals surface area contributed by atoms with Crippen molar-refractivity contribution in [1.82, 2.24) is 5.32 Å². The van der Waals surface area contributed by atoms with Gasteiger partial charge in [-0.25, -0.2) is 4.79 Å². The van der Waals surface area contributed by atoms with Crippen LogP contribution in [0.2, 0.25) is 0 Å². The second-order valence-electron chi connectivity index (χ2n) is 4.02. The highest BCUT2D eigenvalue weighted by molar-refractivity contribution is 7.85. The summed E-state index contributed by atoms with van der Waals surface area (Å²) in [5.74, 6) is -1.61. The maximum Gasteiger partial charge on any atom is 0.335 e. The molecule has 7 heteroatoms. The van der Waals surface area contributed by atoms with E-state index < -0.39 is 16.8 Å². The van der Waals surface area contributed by atoms with Gasteiger partial charge in [-0.3, -0.25) is 9.00 Å². The lowest BCUT2D eigenvalue weighted by atomic mass is 10.2. The Bertz CT molecular complexity index is 503. The number of aromatic carboxylic acids is 1. The summed E-state index contributed by atoms with van der Waals surface area (Å²) in [6.07, 6.45) is 0.684. The lowest BCUT2D eigenvalue weighted by Gasteiger charge is -2.05. The van der Waals surface area contributed by atoms with Crippen molar-refractivity contribution in [1.29, 1.82) is 0 Å². The number of ether oxygens (including phenoxy) is 1. The Morgan fingerprint density at radius 3 is 2.80 bits per heavy atom. The predicted octanol–water partition coefficient (Wildman–Crippen LogP) is 0.645. The fourth-order valence-corrected chi connectivity index (χ4v) is 2.46. The third kappa shape index (κ3) is 5.50. The fourth-order valence-electron chi connectivity index (χ4n) is 1.47. The molecule has 1 aromatic rings. The van der Waals surface area contributed by atoms with Crippen LogP contribution in [0.1, 0.15) is 16.8 Å². The number of methoxy groups -OCH3 is 1. The van der Waals surface area contributed by atoms with E-state index in [1.54, 1.807) is 13.2 Å². The smallest absolute Gasteiger partial charge is 0.335 e. The fraction of sp³-hybridized carbons (Fsp3) is 0.385. The molecule has 0 aromatic heterocycles. The molecule has 0 heterocycles. The first kappa shape index (κ1) is 16.3. The standard InChI is InChI=1S/C13H17NO5S/c1-19-7-3-6-14-12(15)9-20(18)11-5-2-4-10(8-11)13(16)17/h2,4-5,8H,3,6-7,9H2,1H3,(H,14,15)(H,16,17). The molecule has 0 aliphatic carbocycles. The van der Waals surface area contributed by atoms with Gasteiger partial charge in [0.1, 0.15) is 5.75 Å². The van der Waals surface area contributed by atoms with Crippen LogP contribution in [0, 0.1) is 0 Å². The number of carboxylic acids is 1. The zero-order valence-electron chi connectivity index (χ0n) is 11.1. The van der Waals surface area contributed by atoms with Gasteiger partial charge in [0, 0.05) is 25.2 Å². The van der Waals surface area contributed by atoms with E-state index in [9.17, 15) is 13.8 Å². The largest absolute Gasteiger partial charge is 0.478 e. The number of nitrogens with one attached hydrogen (secondary N) is 1. The van der Waals surface area contributed by atoms with E-state index >= 15 is 0 Å². The molecule has 1 aromatic carbocycles. The minimum Gasteiger partial charge on any atom is -0.478 e. The van der Waals surface area contributed by atoms with E-state index in [4.69, 9.17) is 9.84 Å². The molecule has 1 amide bonds.